The molecule has 0 aromatic rings. The topological polar surface area (TPSA) is 52.6 Å². The van der Waals surface area contributed by atoms with Gasteiger partial charge in [-0.1, -0.05) is 6.42 Å². The summed E-state index contributed by atoms with van der Waals surface area (Å²) < 4.78 is 10.4. The molecule has 18 heavy (non-hydrogen) atoms. The number of hydrogen-bond donors (Lipinski definition) is 0. The second-order valence-electron chi connectivity index (χ2n) is 5.53. The van der Waals surface area contributed by atoms with Crippen molar-refractivity contribution in [3.63, 3.8) is 0 Å². The van der Waals surface area contributed by atoms with Gasteiger partial charge in [0.25, 0.3) is 0 Å². The Bertz CT molecular complexity index is 268. The van der Waals surface area contributed by atoms with Crippen molar-refractivity contribution in [2.24, 2.45) is 11.8 Å². The van der Waals surface area contributed by atoms with Gasteiger partial charge in [-0.05, 0) is 47.0 Å². The number of ether oxygens (including phenoxy) is 2. The predicted molar refractivity (Wildman–Crippen MR) is 67.9 cm³/mol. The first kappa shape index (κ1) is 15.0. The Morgan fingerprint density at radius 3 is 1.61 bits per heavy atom. The lowest BCUT2D eigenvalue weighted by Gasteiger charge is -2.27. The smallest absolute Gasteiger partial charge is 0.309 e. The van der Waals surface area contributed by atoms with Crippen molar-refractivity contribution < 1.29 is 19.1 Å². The summed E-state index contributed by atoms with van der Waals surface area (Å²) in [7, 11) is 0. The number of esters is 2. The zero-order valence-electron chi connectivity index (χ0n) is 11.8. The van der Waals surface area contributed by atoms with Crippen molar-refractivity contribution in [1.29, 1.82) is 0 Å². The maximum atomic E-state index is 11.8. The second kappa shape index (κ2) is 6.76. The van der Waals surface area contributed by atoms with E-state index in [-0.39, 0.29) is 36.0 Å². The molecular formula is C14H24O4. The van der Waals surface area contributed by atoms with Crippen molar-refractivity contribution in [1.82, 2.24) is 0 Å². The standard InChI is InChI=1S/C14H24O4/c1-9(2)17-13(15)11-6-5-7-12(8-11)14(16)18-10(3)4/h9-12H,5-8H2,1-4H3/t11-,12-/m0/s1. The second-order valence-corrected chi connectivity index (χ2v) is 5.53. The van der Waals surface area contributed by atoms with E-state index >= 15 is 0 Å². The van der Waals surface area contributed by atoms with E-state index in [2.05, 4.69) is 0 Å². The summed E-state index contributed by atoms with van der Waals surface area (Å²) in [4.78, 5) is 23.6. The Morgan fingerprint density at radius 2 is 1.28 bits per heavy atom. The molecule has 1 saturated carbocycles. The third-order valence-electron chi connectivity index (χ3n) is 3.04. The highest BCUT2D eigenvalue weighted by Gasteiger charge is 2.33. The maximum Gasteiger partial charge on any atom is 0.309 e. The molecule has 1 aliphatic rings. The summed E-state index contributed by atoms with van der Waals surface area (Å²) in [6.07, 6.45) is 2.89. The van der Waals surface area contributed by atoms with Crippen LogP contribution in [0.4, 0.5) is 0 Å². The lowest BCUT2D eigenvalue weighted by molar-refractivity contribution is -0.158. The highest BCUT2D eigenvalue weighted by atomic mass is 16.5. The molecule has 0 amide bonds. The van der Waals surface area contributed by atoms with Crippen LogP contribution in [0.5, 0.6) is 0 Å². The first-order valence-electron chi connectivity index (χ1n) is 6.81. The highest BCUT2D eigenvalue weighted by Crippen LogP contribution is 2.31. The zero-order valence-corrected chi connectivity index (χ0v) is 11.8. The van der Waals surface area contributed by atoms with Gasteiger partial charge < -0.3 is 9.47 Å². The molecular weight excluding hydrogens is 232 g/mol. The largest absolute Gasteiger partial charge is 0.463 e. The summed E-state index contributed by atoms with van der Waals surface area (Å²) in [5, 5.41) is 0. The average molecular weight is 256 g/mol. The molecule has 0 saturated heterocycles. The van der Waals surface area contributed by atoms with Crippen LogP contribution in [-0.4, -0.2) is 24.1 Å². The normalized spacial score (nSPS) is 24.1. The lowest BCUT2D eigenvalue weighted by Crippen LogP contribution is -2.31. The van der Waals surface area contributed by atoms with Gasteiger partial charge in [0, 0.05) is 0 Å². The van der Waals surface area contributed by atoms with Crippen molar-refractivity contribution in [2.45, 2.75) is 65.6 Å². The van der Waals surface area contributed by atoms with Gasteiger partial charge in [0.15, 0.2) is 0 Å². The van der Waals surface area contributed by atoms with Gasteiger partial charge in [-0.2, -0.15) is 0 Å². The Hall–Kier alpha value is -1.06. The predicted octanol–water partition coefficient (Wildman–Crippen LogP) is 2.70. The van der Waals surface area contributed by atoms with E-state index in [1.165, 1.54) is 0 Å². The SMILES string of the molecule is CC(C)OC(=O)[C@H]1CCC[C@H](C(=O)OC(C)C)C1. The van der Waals surface area contributed by atoms with Crippen LogP contribution in [0.1, 0.15) is 53.4 Å². The molecule has 0 spiro atoms. The van der Waals surface area contributed by atoms with E-state index in [1.54, 1.807) is 0 Å². The van der Waals surface area contributed by atoms with Crippen LogP contribution in [0, 0.1) is 11.8 Å². The van der Waals surface area contributed by atoms with Crippen LogP contribution >= 0.6 is 0 Å². The van der Waals surface area contributed by atoms with E-state index in [1.807, 2.05) is 27.7 Å². The van der Waals surface area contributed by atoms with Crippen LogP contribution in [0.3, 0.4) is 0 Å². The minimum absolute atomic E-state index is 0.0968. The van der Waals surface area contributed by atoms with Gasteiger partial charge in [-0.15, -0.1) is 0 Å². The van der Waals surface area contributed by atoms with Gasteiger partial charge in [0.2, 0.25) is 0 Å². The number of hydrogen-bond acceptors (Lipinski definition) is 4. The Morgan fingerprint density at radius 1 is 0.889 bits per heavy atom. The fraction of sp³-hybridized carbons (Fsp3) is 0.857. The summed E-state index contributed by atoms with van der Waals surface area (Å²) in [5.74, 6) is -0.643. The molecule has 0 aromatic carbocycles. The van der Waals surface area contributed by atoms with Gasteiger partial charge in [0.1, 0.15) is 0 Å². The van der Waals surface area contributed by atoms with Crippen LogP contribution in [0.25, 0.3) is 0 Å². The first-order valence-corrected chi connectivity index (χ1v) is 6.81. The van der Waals surface area contributed by atoms with Crippen molar-refractivity contribution in [3.05, 3.63) is 0 Å². The molecule has 104 valence electrons. The maximum absolute atomic E-state index is 11.8. The van der Waals surface area contributed by atoms with Gasteiger partial charge in [-0.3, -0.25) is 9.59 Å². The summed E-state index contributed by atoms with van der Waals surface area (Å²) >= 11 is 0. The zero-order chi connectivity index (χ0) is 13.7. The molecule has 0 heterocycles. The molecule has 0 N–H and O–H groups in total. The number of carbonyl (C=O) groups excluding carboxylic acids is 2. The molecule has 0 aromatic heterocycles. The van der Waals surface area contributed by atoms with Gasteiger partial charge >= 0.3 is 11.9 Å². The fourth-order valence-corrected chi connectivity index (χ4v) is 2.28. The molecule has 1 rings (SSSR count). The quantitative estimate of drug-likeness (QED) is 0.726. The molecule has 0 aliphatic heterocycles. The van der Waals surface area contributed by atoms with Gasteiger partial charge in [0.05, 0.1) is 24.0 Å². The van der Waals surface area contributed by atoms with Crippen molar-refractivity contribution in [3.8, 4) is 0 Å². The molecule has 0 unspecified atom stereocenters. The van der Waals surface area contributed by atoms with E-state index in [0.717, 1.165) is 19.3 Å². The minimum Gasteiger partial charge on any atom is -0.463 e. The van der Waals surface area contributed by atoms with Crippen molar-refractivity contribution >= 4 is 11.9 Å². The Balaban J connectivity index is 2.50. The molecule has 1 aliphatic carbocycles. The van der Waals surface area contributed by atoms with Crippen molar-refractivity contribution in [2.75, 3.05) is 0 Å². The summed E-state index contributed by atoms with van der Waals surface area (Å²) in [6.45, 7) is 7.35. The Kier molecular flexibility index (Phi) is 5.63. The van der Waals surface area contributed by atoms with Crippen LogP contribution in [-0.2, 0) is 19.1 Å². The van der Waals surface area contributed by atoms with E-state index in [9.17, 15) is 9.59 Å². The molecule has 1 fully saturated rings. The fourth-order valence-electron chi connectivity index (χ4n) is 2.28. The van der Waals surface area contributed by atoms with Crippen LogP contribution < -0.4 is 0 Å². The summed E-state index contributed by atoms with van der Waals surface area (Å²) in [6, 6.07) is 0. The van der Waals surface area contributed by atoms with E-state index in [4.69, 9.17) is 9.47 Å². The molecule has 0 radical (unpaired) electrons. The number of carbonyl (C=O) groups is 2. The molecule has 4 nitrogen and oxygen atoms in total. The van der Waals surface area contributed by atoms with Crippen LogP contribution in [0.15, 0.2) is 0 Å². The van der Waals surface area contributed by atoms with Gasteiger partial charge in [-0.25, -0.2) is 0 Å². The average Bonchev–Trinajstić information content (AvgIpc) is 2.27. The monoisotopic (exact) mass is 256 g/mol. The first-order chi connectivity index (χ1) is 8.40. The Labute approximate surface area is 109 Å². The summed E-state index contributed by atoms with van der Waals surface area (Å²) in [5.41, 5.74) is 0. The molecule has 4 heteroatoms. The third-order valence-corrected chi connectivity index (χ3v) is 3.04. The highest BCUT2D eigenvalue weighted by molar-refractivity contribution is 5.76. The third kappa shape index (κ3) is 4.67. The van der Waals surface area contributed by atoms with Crippen LogP contribution in [0.2, 0.25) is 0 Å². The molecule has 2 atom stereocenters. The minimum atomic E-state index is -0.174. The van der Waals surface area contributed by atoms with E-state index in [0.29, 0.717) is 6.42 Å². The number of rotatable bonds is 4. The lowest BCUT2D eigenvalue weighted by atomic mass is 9.81. The molecule has 0 bridgehead atoms. The van der Waals surface area contributed by atoms with E-state index < -0.39 is 0 Å².